The summed E-state index contributed by atoms with van der Waals surface area (Å²) in [5, 5.41) is 15.0. The lowest BCUT2D eigenvalue weighted by molar-refractivity contribution is -0.192. The fourth-order valence-electron chi connectivity index (χ4n) is 3.11. The summed E-state index contributed by atoms with van der Waals surface area (Å²) in [6.45, 7) is 2.11. The molecule has 1 aliphatic heterocycles. The third-order valence-electron chi connectivity index (χ3n) is 4.88. The Kier molecular flexibility index (Phi) is 7.76. The number of carboxylic acid groups (broad SMARTS) is 1. The predicted molar refractivity (Wildman–Crippen MR) is 112 cm³/mol. The second-order valence-corrected chi connectivity index (χ2v) is 8.00. The lowest BCUT2D eigenvalue weighted by Gasteiger charge is -2.39. The van der Waals surface area contributed by atoms with Crippen LogP contribution in [-0.2, 0) is 11.2 Å². The number of aliphatic carboxylic acids is 1. The zero-order valence-corrected chi connectivity index (χ0v) is 18.2. The molecule has 176 valence electrons. The van der Waals surface area contributed by atoms with Crippen molar-refractivity contribution < 1.29 is 32.3 Å². The number of nitrogens with zero attached hydrogens (tertiary/aromatic N) is 5. The van der Waals surface area contributed by atoms with Gasteiger partial charge in [-0.1, -0.05) is 30.3 Å². The molecule has 3 heterocycles. The minimum absolute atomic E-state index is 0.0383. The van der Waals surface area contributed by atoms with Crippen molar-refractivity contribution >= 4 is 23.4 Å². The van der Waals surface area contributed by atoms with Crippen LogP contribution in [-0.4, -0.2) is 80.3 Å². The third kappa shape index (κ3) is 6.58. The Morgan fingerprint density at radius 2 is 1.88 bits per heavy atom. The number of aromatic nitrogens is 3. The van der Waals surface area contributed by atoms with Crippen LogP contribution >= 0.6 is 11.5 Å². The predicted octanol–water partition coefficient (Wildman–Crippen LogP) is 2.83. The number of likely N-dealkylation sites (N-methyl/N-ethyl adjacent to an activating group) is 1. The molecule has 1 N–H and O–H groups in total. The Balaban J connectivity index is 0.000000383. The van der Waals surface area contributed by atoms with Crippen LogP contribution in [0.15, 0.2) is 47.0 Å². The third-order valence-corrected chi connectivity index (χ3v) is 5.61. The van der Waals surface area contributed by atoms with Crippen LogP contribution in [0, 0.1) is 0 Å². The summed E-state index contributed by atoms with van der Waals surface area (Å²) in [6, 6.07) is 12.4. The number of hydrogen-bond acceptors (Lipinski definition) is 8. The highest BCUT2D eigenvalue weighted by Gasteiger charge is 2.38. The van der Waals surface area contributed by atoms with Gasteiger partial charge in [-0.3, -0.25) is 9.69 Å². The van der Waals surface area contributed by atoms with Gasteiger partial charge >= 0.3 is 23.9 Å². The molecule has 0 radical (unpaired) electrons. The van der Waals surface area contributed by atoms with Crippen LogP contribution in [0.3, 0.4) is 0 Å². The molecule has 0 spiro atoms. The maximum Gasteiger partial charge on any atom is 0.490 e. The smallest absolute Gasteiger partial charge is 0.475 e. The highest BCUT2D eigenvalue weighted by atomic mass is 32.1. The Bertz CT molecular complexity index is 1060. The van der Waals surface area contributed by atoms with E-state index in [2.05, 4.69) is 38.7 Å². The first-order chi connectivity index (χ1) is 15.6. The minimum Gasteiger partial charge on any atom is -0.475 e. The molecule has 3 aromatic rings. The number of carbonyl (C=O) groups excluding carboxylic acids is 1. The van der Waals surface area contributed by atoms with Gasteiger partial charge in [0.05, 0.1) is 0 Å². The van der Waals surface area contributed by atoms with Crippen LogP contribution in [0.5, 0.6) is 0 Å². The molecule has 0 bridgehead atoms. The fourth-order valence-corrected chi connectivity index (χ4v) is 3.63. The number of rotatable bonds is 4. The molecule has 1 aliphatic rings. The molecule has 1 unspecified atom stereocenters. The van der Waals surface area contributed by atoms with Gasteiger partial charge in [0.25, 0.3) is 5.89 Å². The van der Waals surface area contributed by atoms with Gasteiger partial charge in [0.15, 0.2) is 0 Å². The van der Waals surface area contributed by atoms with Crippen LogP contribution < -0.4 is 0 Å². The Morgan fingerprint density at radius 3 is 2.48 bits per heavy atom. The van der Waals surface area contributed by atoms with Crippen molar-refractivity contribution in [2.24, 2.45) is 0 Å². The first kappa shape index (κ1) is 24.3. The van der Waals surface area contributed by atoms with E-state index in [1.807, 2.05) is 18.2 Å². The van der Waals surface area contributed by atoms with E-state index < -0.39 is 12.1 Å². The Hall–Kier alpha value is -3.32. The topological polar surface area (TPSA) is 113 Å². The minimum atomic E-state index is -5.08. The Labute approximate surface area is 190 Å². The number of hydrogen-bond donors (Lipinski definition) is 1. The first-order valence-corrected chi connectivity index (χ1v) is 10.5. The number of amides is 1. The zero-order valence-electron chi connectivity index (χ0n) is 17.4. The van der Waals surface area contributed by atoms with Crippen LogP contribution in [0.25, 0.3) is 10.8 Å². The molecular formula is C20H20F3N5O4S. The molecule has 1 amide bonds. The van der Waals surface area contributed by atoms with Gasteiger partial charge in [-0.15, -0.1) is 10.2 Å². The lowest BCUT2D eigenvalue weighted by atomic mass is 10.0. The molecule has 1 aromatic carbocycles. The van der Waals surface area contributed by atoms with Gasteiger partial charge in [0.2, 0.25) is 0 Å². The molecular weight excluding hydrogens is 463 g/mol. The highest BCUT2D eigenvalue weighted by Crippen LogP contribution is 2.22. The van der Waals surface area contributed by atoms with Gasteiger partial charge in [-0.05, 0) is 36.6 Å². The van der Waals surface area contributed by atoms with Crippen LogP contribution in [0.1, 0.15) is 16.2 Å². The number of piperazine rings is 1. The van der Waals surface area contributed by atoms with Gasteiger partial charge in [0.1, 0.15) is 4.88 Å². The zero-order chi connectivity index (χ0) is 24.0. The number of benzene rings is 1. The maximum atomic E-state index is 12.8. The second-order valence-electron chi connectivity index (χ2n) is 7.17. The number of alkyl halides is 3. The van der Waals surface area contributed by atoms with E-state index in [0.717, 1.165) is 17.8 Å². The standard InChI is InChI=1S/C18H19N5O2S.C2HF3O2/c1-22-9-10-23(12-14(22)11-13-5-3-2-4-6-13)18(24)17-21-20-16(25-17)15-7-8-19-26-15;3-2(4,5)1(6)7/h2-8,14H,9-12H2,1H3;(H,6,7). The average Bonchev–Trinajstić information content (AvgIpc) is 3.47. The highest BCUT2D eigenvalue weighted by molar-refractivity contribution is 7.09. The van der Waals surface area contributed by atoms with Crippen molar-refractivity contribution in [3.63, 3.8) is 0 Å². The first-order valence-electron chi connectivity index (χ1n) is 9.73. The lowest BCUT2D eigenvalue weighted by Crippen LogP contribution is -2.54. The van der Waals surface area contributed by atoms with E-state index in [1.165, 1.54) is 17.1 Å². The monoisotopic (exact) mass is 483 g/mol. The van der Waals surface area contributed by atoms with Crippen molar-refractivity contribution in [3.05, 3.63) is 54.0 Å². The van der Waals surface area contributed by atoms with Crippen molar-refractivity contribution in [2.75, 3.05) is 26.7 Å². The molecule has 0 saturated carbocycles. The molecule has 13 heteroatoms. The van der Waals surface area contributed by atoms with E-state index in [9.17, 15) is 18.0 Å². The number of carbonyl (C=O) groups is 2. The molecule has 4 rings (SSSR count). The molecule has 2 aromatic heterocycles. The van der Waals surface area contributed by atoms with E-state index in [1.54, 1.807) is 17.2 Å². The molecule has 9 nitrogen and oxygen atoms in total. The normalized spacial score (nSPS) is 16.7. The van der Waals surface area contributed by atoms with E-state index in [-0.39, 0.29) is 17.8 Å². The van der Waals surface area contributed by atoms with Gasteiger partial charge in [-0.2, -0.15) is 13.2 Å². The van der Waals surface area contributed by atoms with Crippen molar-refractivity contribution in [1.82, 2.24) is 24.4 Å². The molecule has 33 heavy (non-hydrogen) atoms. The quantitative estimate of drug-likeness (QED) is 0.603. The number of halogens is 3. The second kappa shape index (κ2) is 10.5. The summed E-state index contributed by atoms with van der Waals surface area (Å²) >= 11 is 1.26. The largest absolute Gasteiger partial charge is 0.490 e. The summed E-state index contributed by atoms with van der Waals surface area (Å²) in [4.78, 5) is 26.5. The summed E-state index contributed by atoms with van der Waals surface area (Å²) in [5.41, 5.74) is 1.27. The summed E-state index contributed by atoms with van der Waals surface area (Å²) in [7, 11) is 2.10. The van der Waals surface area contributed by atoms with E-state index in [4.69, 9.17) is 14.3 Å². The average molecular weight is 483 g/mol. The Morgan fingerprint density at radius 1 is 1.18 bits per heavy atom. The van der Waals surface area contributed by atoms with E-state index >= 15 is 0 Å². The SMILES string of the molecule is CN1CCN(C(=O)c2nnc(-c3ccns3)o2)CC1Cc1ccccc1.O=C(O)C(F)(F)F. The summed E-state index contributed by atoms with van der Waals surface area (Å²) in [5.74, 6) is -2.59. The van der Waals surface area contributed by atoms with Gasteiger partial charge in [0, 0.05) is 31.9 Å². The van der Waals surface area contributed by atoms with E-state index in [0.29, 0.717) is 19.0 Å². The molecule has 1 saturated heterocycles. The summed E-state index contributed by atoms with van der Waals surface area (Å²) < 4.78 is 41.3. The summed E-state index contributed by atoms with van der Waals surface area (Å²) in [6.07, 6.45) is -2.52. The fraction of sp³-hybridized carbons (Fsp3) is 0.350. The molecule has 0 aliphatic carbocycles. The maximum absolute atomic E-state index is 12.8. The van der Waals surface area contributed by atoms with Crippen LogP contribution in [0.2, 0.25) is 0 Å². The molecule has 1 fully saturated rings. The van der Waals surface area contributed by atoms with Gasteiger partial charge in [-0.25, -0.2) is 9.17 Å². The van der Waals surface area contributed by atoms with Crippen molar-refractivity contribution in [1.29, 1.82) is 0 Å². The number of carboxylic acids is 1. The van der Waals surface area contributed by atoms with Crippen molar-refractivity contribution in [3.8, 4) is 10.8 Å². The van der Waals surface area contributed by atoms with Gasteiger partial charge < -0.3 is 14.4 Å². The van der Waals surface area contributed by atoms with Crippen LogP contribution in [0.4, 0.5) is 13.2 Å². The molecule has 1 atom stereocenters. The van der Waals surface area contributed by atoms with Crippen molar-refractivity contribution in [2.45, 2.75) is 18.6 Å².